The van der Waals surface area contributed by atoms with Gasteiger partial charge in [0.1, 0.15) is 17.7 Å². The molecule has 2 heterocycles. The number of carbonyl (C=O) groups excluding carboxylic acids is 3. The molecule has 182 valence electrons. The fourth-order valence-electron chi connectivity index (χ4n) is 3.95. The van der Waals surface area contributed by atoms with E-state index in [4.69, 9.17) is 5.73 Å². The van der Waals surface area contributed by atoms with Crippen molar-refractivity contribution < 1.29 is 23.2 Å². The maximum absolute atomic E-state index is 13.8. The van der Waals surface area contributed by atoms with Crippen LogP contribution in [0.1, 0.15) is 28.2 Å². The highest BCUT2D eigenvalue weighted by Crippen LogP contribution is 2.47. The molecule has 0 aliphatic carbocycles. The summed E-state index contributed by atoms with van der Waals surface area (Å²) in [6.45, 7) is 3.32. The van der Waals surface area contributed by atoms with Crippen molar-refractivity contribution in [2.75, 3.05) is 5.32 Å². The summed E-state index contributed by atoms with van der Waals surface area (Å²) in [7, 11) is 0. The number of thioether (sulfide) groups is 1. The molecule has 6 nitrogen and oxygen atoms in total. The van der Waals surface area contributed by atoms with Crippen LogP contribution in [0.25, 0.3) is 0 Å². The second-order valence-electron chi connectivity index (χ2n) is 8.28. The maximum Gasteiger partial charge on any atom is 0.249 e. The van der Waals surface area contributed by atoms with Crippen LogP contribution in [0.3, 0.4) is 0 Å². The van der Waals surface area contributed by atoms with Gasteiger partial charge < -0.3 is 11.1 Å². The molecule has 3 amide bonds. The zero-order chi connectivity index (χ0) is 25.3. The fraction of sp³-hybridized carbons (Fsp3) is 0.240. The third-order valence-corrected chi connectivity index (χ3v) is 8.17. The Hall–Kier alpha value is -3.08. The maximum atomic E-state index is 13.8. The Morgan fingerprint density at radius 1 is 1.14 bits per heavy atom. The van der Waals surface area contributed by atoms with E-state index in [0.717, 1.165) is 32.4 Å². The van der Waals surface area contributed by atoms with Gasteiger partial charge in [-0.3, -0.25) is 19.3 Å². The molecule has 35 heavy (non-hydrogen) atoms. The number of anilines is 1. The highest BCUT2D eigenvalue weighted by atomic mass is 32.2. The molecule has 0 spiro atoms. The number of thiophene rings is 1. The number of amides is 3. The van der Waals surface area contributed by atoms with E-state index in [-0.39, 0.29) is 5.56 Å². The standard InChI is InChI=1S/C25H23F2N3O3S2/c1-13-7-8-34-22(13)23-21(24(32)29-18-5-3-4-6-19(18)35-23)30(25(33)14(2)28)20(31)11-15-9-16(26)12-17(27)10-15/h3-10,12,14,21,23H,11,28H2,1-2H3,(H,29,32)/t14-,21-,23-/m0/s1. The van der Waals surface area contributed by atoms with Crippen molar-refractivity contribution in [1.29, 1.82) is 0 Å². The first-order valence-corrected chi connectivity index (χ1v) is 12.6. The Morgan fingerprint density at radius 3 is 2.46 bits per heavy atom. The van der Waals surface area contributed by atoms with Crippen LogP contribution in [0.2, 0.25) is 0 Å². The van der Waals surface area contributed by atoms with Crippen molar-refractivity contribution in [1.82, 2.24) is 4.90 Å². The molecule has 3 N–H and O–H groups in total. The van der Waals surface area contributed by atoms with E-state index >= 15 is 0 Å². The molecule has 3 atom stereocenters. The van der Waals surface area contributed by atoms with Crippen LogP contribution in [0, 0.1) is 18.6 Å². The van der Waals surface area contributed by atoms with Crippen LogP contribution in [-0.2, 0) is 20.8 Å². The summed E-state index contributed by atoms with van der Waals surface area (Å²) in [5, 5.41) is 4.10. The van der Waals surface area contributed by atoms with E-state index in [1.54, 1.807) is 12.1 Å². The normalized spacial score (nSPS) is 18.3. The summed E-state index contributed by atoms with van der Waals surface area (Å²) in [6.07, 6.45) is -0.481. The Bertz CT molecular complexity index is 1270. The van der Waals surface area contributed by atoms with Gasteiger partial charge in [0.05, 0.1) is 23.4 Å². The largest absolute Gasteiger partial charge is 0.323 e. The minimum atomic E-state index is -1.24. The van der Waals surface area contributed by atoms with Gasteiger partial charge in [0, 0.05) is 15.8 Å². The molecule has 0 bridgehead atoms. The molecule has 3 aromatic rings. The molecular formula is C25H23F2N3O3S2. The minimum Gasteiger partial charge on any atom is -0.323 e. The topological polar surface area (TPSA) is 92.5 Å². The number of hydrogen-bond donors (Lipinski definition) is 2. The molecule has 0 unspecified atom stereocenters. The van der Waals surface area contributed by atoms with Crippen LogP contribution >= 0.6 is 23.1 Å². The number of aryl methyl sites for hydroxylation is 1. The summed E-state index contributed by atoms with van der Waals surface area (Å²) in [4.78, 5) is 42.9. The van der Waals surface area contributed by atoms with Gasteiger partial charge in [0.15, 0.2) is 0 Å². The van der Waals surface area contributed by atoms with Gasteiger partial charge in [-0.25, -0.2) is 8.78 Å². The van der Waals surface area contributed by atoms with Gasteiger partial charge in [0.2, 0.25) is 17.7 Å². The monoisotopic (exact) mass is 515 g/mol. The number of fused-ring (bicyclic) bond motifs is 1. The molecule has 0 saturated carbocycles. The van der Waals surface area contributed by atoms with E-state index in [1.807, 2.05) is 30.5 Å². The zero-order valence-electron chi connectivity index (χ0n) is 19.0. The van der Waals surface area contributed by atoms with Gasteiger partial charge >= 0.3 is 0 Å². The molecule has 0 saturated heterocycles. The lowest BCUT2D eigenvalue weighted by Crippen LogP contribution is -2.56. The average Bonchev–Trinajstić information content (AvgIpc) is 3.15. The number of benzene rings is 2. The van der Waals surface area contributed by atoms with Gasteiger partial charge in [-0.2, -0.15) is 0 Å². The van der Waals surface area contributed by atoms with Crippen molar-refractivity contribution in [3.63, 3.8) is 0 Å². The Labute approximate surface area is 209 Å². The number of para-hydroxylation sites is 1. The lowest BCUT2D eigenvalue weighted by Gasteiger charge is -2.34. The summed E-state index contributed by atoms with van der Waals surface area (Å²) < 4.78 is 27.5. The number of nitrogens with zero attached hydrogens (tertiary/aromatic N) is 1. The van der Waals surface area contributed by atoms with E-state index in [2.05, 4.69) is 5.32 Å². The number of nitrogens with one attached hydrogen (secondary N) is 1. The van der Waals surface area contributed by atoms with Crippen LogP contribution in [0.5, 0.6) is 0 Å². The first-order chi connectivity index (χ1) is 16.7. The zero-order valence-corrected chi connectivity index (χ0v) is 20.6. The Kier molecular flexibility index (Phi) is 7.34. The van der Waals surface area contributed by atoms with Crippen molar-refractivity contribution in [3.05, 3.63) is 81.5 Å². The van der Waals surface area contributed by atoms with Gasteiger partial charge in [-0.05, 0) is 60.7 Å². The molecule has 0 fully saturated rings. The third kappa shape index (κ3) is 5.29. The molecule has 1 aromatic heterocycles. The fourth-order valence-corrected chi connectivity index (χ4v) is 6.54. The van der Waals surface area contributed by atoms with Crippen molar-refractivity contribution in [3.8, 4) is 0 Å². The van der Waals surface area contributed by atoms with Crippen LogP contribution in [0.15, 0.2) is 58.8 Å². The van der Waals surface area contributed by atoms with E-state index in [9.17, 15) is 23.2 Å². The molecule has 10 heteroatoms. The smallest absolute Gasteiger partial charge is 0.249 e. The first kappa shape index (κ1) is 25.0. The molecule has 0 radical (unpaired) electrons. The van der Waals surface area contributed by atoms with Crippen LogP contribution < -0.4 is 11.1 Å². The predicted molar refractivity (Wildman–Crippen MR) is 132 cm³/mol. The lowest BCUT2D eigenvalue weighted by atomic mass is 10.0. The molecule has 2 aromatic carbocycles. The van der Waals surface area contributed by atoms with Crippen molar-refractivity contribution in [2.24, 2.45) is 5.73 Å². The Balaban J connectivity index is 1.81. The third-order valence-electron chi connectivity index (χ3n) is 5.57. The molecular weight excluding hydrogens is 492 g/mol. The van der Waals surface area contributed by atoms with Crippen LogP contribution in [-0.4, -0.2) is 34.7 Å². The number of carbonyl (C=O) groups is 3. The van der Waals surface area contributed by atoms with Crippen LogP contribution in [0.4, 0.5) is 14.5 Å². The highest BCUT2D eigenvalue weighted by Gasteiger charge is 2.44. The molecule has 4 rings (SSSR count). The minimum absolute atomic E-state index is 0.0452. The number of halogens is 2. The first-order valence-electron chi connectivity index (χ1n) is 10.8. The number of nitrogens with two attached hydrogens (primary N) is 1. The number of rotatable bonds is 5. The van der Waals surface area contributed by atoms with Gasteiger partial charge in [0.25, 0.3) is 0 Å². The quantitative estimate of drug-likeness (QED) is 0.524. The highest BCUT2D eigenvalue weighted by molar-refractivity contribution is 8.00. The SMILES string of the molecule is Cc1ccsc1[C@H]1Sc2ccccc2NC(=O)[C@H]1N(C(=O)Cc1cc(F)cc(F)c1)C(=O)[C@H](C)N. The van der Waals surface area contributed by atoms with Crippen molar-refractivity contribution in [2.45, 2.75) is 42.5 Å². The summed E-state index contributed by atoms with van der Waals surface area (Å²) in [5.41, 5.74) is 7.41. The molecule has 1 aliphatic rings. The second kappa shape index (κ2) is 10.3. The summed E-state index contributed by atoms with van der Waals surface area (Å²) in [6, 6.07) is 9.53. The lowest BCUT2D eigenvalue weighted by molar-refractivity contribution is -0.151. The number of imide groups is 1. The van der Waals surface area contributed by atoms with Gasteiger partial charge in [-0.1, -0.05) is 12.1 Å². The van der Waals surface area contributed by atoms with Gasteiger partial charge in [-0.15, -0.1) is 23.1 Å². The Morgan fingerprint density at radius 2 is 1.83 bits per heavy atom. The summed E-state index contributed by atoms with van der Waals surface area (Å²) >= 11 is 2.79. The van der Waals surface area contributed by atoms with Crippen molar-refractivity contribution >= 4 is 46.5 Å². The second-order valence-corrected chi connectivity index (χ2v) is 10.4. The predicted octanol–water partition coefficient (Wildman–Crippen LogP) is 4.43. The van der Waals surface area contributed by atoms with E-state index in [1.165, 1.54) is 30.0 Å². The van der Waals surface area contributed by atoms with E-state index in [0.29, 0.717) is 11.8 Å². The average molecular weight is 516 g/mol. The van der Waals surface area contributed by atoms with E-state index < -0.39 is 53.1 Å². The number of hydrogen-bond acceptors (Lipinski definition) is 6. The molecule has 1 aliphatic heterocycles. The summed E-state index contributed by atoms with van der Waals surface area (Å²) in [5.74, 6) is -3.76.